The molecular weight excluding hydrogens is 416 g/mol. The number of hydrogen-bond donors (Lipinski definition) is 3. The summed E-state index contributed by atoms with van der Waals surface area (Å²) in [4.78, 5) is 28.7. The molecule has 2 saturated heterocycles. The maximum atomic E-state index is 13.2. The van der Waals surface area contributed by atoms with Crippen molar-refractivity contribution in [2.24, 2.45) is 13.0 Å². The van der Waals surface area contributed by atoms with Crippen molar-refractivity contribution < 1.29 is 9.59 Å². The van der Waals surface area contributed by atoms with Crippen molar-refractivity contribution in [3.8, 4) is 0 Å². The molecule has 0 spiro atoms. The van der Waals surface area contributed by atoms with E-state index in [1.54, 1.807) is 11.7 Å². The lowest BCUT2D eigenvalue weighted by Gasteiger charge is -2.24. The van der Waals surface area contributed by atoms with Crippen LogP contribution in [-0.4, -0.2) is 47.3 Å². The molecule has 0 radical (unpaired) electrons. The Kier molecular flexibility index (Phi) is 7.33. The standard InChI is InChI=1S/C25H36N6O2/c1-4-17(2)23(25(33)27-18-9-7-10-19(15-18)31-13-5-6-14-31)28-24(32)22-16-21(29-30(22)3)20-11-8-12-26-20/h7,9-10,15-17,20,23,26H,4-6,8,11-14H2,1-3H3,(H,27,33)(H,28,32). The molecule has 0 saturated carbocycles. The molecule has 33 heavy (non-hydrogen) atoms. The molecule has 1 aromatic carbocycles. The van der Waals surface area contributed by atoms with Gasteiger partial charge in [-0.3, -0.25) is 14.3 Å². The predicted molar refractivity (Wildman–Crippen MR) is 130 cm³/mol. The maximum Gasteiger partial charge on any atom is 0.270 e. The van der Waals surface area contributed by atoms with Gasteiger partial charge in [0.1, 0.15) is 11.7 Å². The van der Waals surface area contributed by atoms with Gasteiger partial charge in [-0.2, -0.15) is 5.10 Å². The van der Waals surface area contributed by atoms with Crippen LogP contribution in [0.5, 0.6) is 0 Å². The molecule has 8 nitrogen and oxygen atoms in total. The van der Waals surface area contributed by atoms with Crippen molar-refractivity contribution in [3.63, 3.8) is 0 Å². The van der Waals surface area contributed by atoms with Gasteiger partial charge >= 0.3 is 0 Å². The highest BCUT2D eigenvalue weighted by Crippen LogP contribution is 2.25. The summed E-state index contributed by atoms with van der Waals surface area (Å²) in [6, 6.07) is 9.34. The molecule has 3 heterocycles. The quantitative estimate of drug-likeness (QED) is 0.572. The summed E-state index contributed by atoms with van der Waals surface area (Å²) in [6.45, 7) is 7.08. The molecule has 3 N–H and O–H groups in total. The van der Waals surface area contributed by atoms with Crippen LogP contribution in [0.2, 0.25) is 0 Å². The number of anilines is 2. The number of rotatable bonds is 8. The molecule has 3 atom stereocenters. The molecule has 2 amide bonds. The zero-order chi connectivity index (χ0) is 23.4. The fraction of sp³-hybridized carbons (Fsp3) is 0.560. The van der Waals surface area contributed by atoms with Crippen LogP contribution in [0.1, 0.15) is 68.2 Å². The Morgan fingerprint density at radius 1 is 1.21 bits per heavy atom. The summed E-state index contributed by atoms with van der Waals surface area (Å²) in [5.41, 5.74) is 3.22. The first-order valence-corrected chi connectivity index (χ1v) is 12.2. The second kappa shape index (κ2) is 10.4. The molecule has 2 aromatic rings. The highest BCUT2D eigenvalue weighted by molar-refractivity contribution is 6.01. The molecule has 0 bridgehead atoms. The Balaban J connectivity index is 1.46. The molecular formula is C25H36N6O2. The molecule has 4 rings (SSSR count). The molecule has 2 fully saturated rings. The average Bonchev–Trinajstić information content (AvgIpc) is 3.58. The van der Waals surface area contributed by atoms with E-state index >= 15 is 0 Å². The van der Waals surface area contributed by atoms with E-state index in [1.807, 2.05) is 38.1 Å². The lowest BCUT2D eigenvalue weighted by atomic mass is 9.98. The lowest BCUT2D eigenvalue weighted by Crippen LogP contribution is -2.48. The van der Waals surface area contributed by atoms with E-state index in [-0.39, 0.29) is 23.8 Å². The first-order chi connectivity index (χ1) is 16.0. The molecule has 1 aromatic heterocycles. The molecule has 2 aliphatic rings. The SMILES string of the molecule is CCC(C)C(NC(=O)c1cc(C2CCCN2)nn1C)C(=O)Nc1cccc(N2CCCC2)c1. The first-order valence-electron chi connectivity index (χ1n) is 12.2. The number of aromatic nitrogens is 2. The fourth-order valence-electron chi connectivity index (χ4n) is 4.70. The van der Waals surface area contributed by atoms with Crippen LogP contribution in [0.25, 0.3) is 0 Å². The zero-order valence-electron chi connectivity index (χ0n) is 19.9. The monoisotopic (exact) mass is 452 g/mol. The minimum Gasteiger partial charge on any atom is -0.371 e. The first kappa shape index (κ1) is 23.3. The van der Waals surface area contributed by atoms with Gasteiger partial charge in [0.2, 0.25) is 5.91 Å². The highest BCUT2D eigenvalue weighted by Gasteiger charge is 2.29. The van der Waals surface area contributed by atoms with Gasteiger partial charge in [-0.05, 0) is 62.4 Å². The smallest absolute Gasteiger partial charge is 0.270 e. The largest absolute Gasteiger partial charge is 0.371 e. The van der Waals surface area contributed by atoms with Crippen molar-refractivity contribution in [2.45, 2.75) is 58.0 Å². The maximum absolute atomic E-state index is 13.2. The highest BCUT2D eigenvalue weighted by atomic mass is 16.2. The summed E-state index contributed by atoms with van der Waals surface area (Å²) in [6.07, 6.45) is 5.30. The number of carbonyl (C=O) groups excluding carboxylic acids is 2. The summed E-state index contributed by atoms with van der Waals surface area (Å²) in [5.74, 6) is -0.489. The van der Waals surface area contributed by atoms with Gasteiger partial charge in [0, 0.05) is 31.5 Å². The van der Waals surface area contributed by atoms with E-state index in [9.17, 15) is 9.59 Å². The minimum atomic E-state index is -0.638. The molecule has 8 heteroatoms. The Morgan fingerprint density at radius 3 is 2.70 bits per heavy atom. The number of nitrogens with zero attached hydrogens (tertiary/aromatic N) is 3. The topological polar surface area (TPSA) is 91.3 Å². The van der Waals surface area contributed by atoms with Gasteiger partial charge in [0.05, 0.1) is 11.7 Å². The second-order valence-electron chi connectivity index (χ2n) is 9.30. The lowest BCUT2D eigenvalue weighted by molar-refractivity contribution is -0.119. The van der Waals surface area contributed by atoms with Crippen molar-refractivity contribution in [1.29, 1.82) is 0 Å². The molecule has 0 aliphatic carbocycles. The second-order valence-corrected chi connectivity index (χ2v) is 9.30. The summed E-state index contributed by atoms with van der Waals surface area (Å²) >= 11 is 0. The van der Waals surface area contributed by atoms with Crippen LogP contribution in [-0.2, 0) is 11.8 Å². The Hall–Kier alpha value is -2.87. The van der Waals surface area contributed by atoms with Gasteiger partial charge in [-0.1, -0.05) is 26.3 Å². The third-order valence-corrected chi connectivity index (χ3v) is 6.92. The van der Waals surface area contributed by atoms with Crippen LogP contribution in [0.15, 0.2) is 30.3 Å². The van der Waals surface area contributed by atoms with Crippen LogP contribution < -0.4 is 20.9 Å². The van der Waals surface area contributed by atoms with E-state index in [0.29, 0.717) is 5.69 Å². The third-order valence-electron chi connectivity index (χ3n) is 6.92. The number of amides is 2. The van der Waals surface area contributed by atoms with E-state index < -0.39 is 6.04 Å². The zero-order valence-corrected chi connectivity index (χ0v) is 19.9. The number of hydrogen-bond acceptors (Lipinski definition) is 5. The minimum absolute atomic E-state index is 0.0140. The molecule has 2 aliphatic heterocycles. The van der Waals surface area contributed by atoms with Crippen LogP contribution >= 0.6 is 0 Å². The normalized spacial score (nSPS) is 20.0. The van der Waals surface area contributed by atoms with Crippen LogP contribution in [0.3, 0.4) is 0 Å². The van der Waals surface area contributed by atoms with Crippen molar-refractivity contribution >= 4 is 23.2 Å². The van der Waals surface area contributed by atoms with Gasteiger partial charge < -0.3 is 20.9 Å². The third kappa shape index (κ3) is 5.38. The number of nitrogens with one attached hydrogen (secondary N) is 3. The summed E-state index contributed by atoms with van der Waals surface area (Å²) in [5, 5.41) is 14.0. The van der Waals surface area contributed by atoms with Crippen LogP contribution in [0.4, 0.5) is 11.4 Å². The van der Waals surface area contributed by atoms with E-state index in [4.69, 9.17) is 0 Å². The molecule has 178 valence electrons. The van der Waals surface area contributed by atoms with Crippen LogP contribution in [0, 0.1) is 5.92 Å². The fourth-order valence-corrected chi connectivity index (χ4v) is 4.70. The van der Waals surface area contributed by atoms with E-state index in [2.05, 4.69) is 32.0 Å². The Labute approximate surface area is 196 Å². The Bertz CT molecular complexity index is 975. The van der Waals surface area contributed by atoms with Gasteiger partial charge in [0.15, 0.2) is 0 Å². The van der Waals surface area contributed by atoms with Gasteiger partial charge in [-0.25, -0.2) is 0 Å². The van der Waals surface area contributed by atoms with E-state index in [1.165, 1.54) is 12.8 Å². The number of carbonyl (C=O) groups is 2. The van der Waals surface area contributed by atoms with Crippen molar-refractivity contribution in [1.82, 2.24) is 20.4 Å². The van der Waals surface area contributed by atoms with E-state index in [0.717, 1.165) is 56.0 Å². The summed E-state index contributed by atoms with van der Waals surface area (Å²) in [7, 11) is 1.77. The Morgan fingerprint density at radius 2 is 2.00 bits per heavy atom. The number of benzene rings is 1. The van der Waals surface area contributed by atoms with Crippen molar-refractivity contribution in [3.05, 3.63) is 41.7 Å². The average molecular weight is 453 g/mol. The summed E-state index contributed by atoms with van der Waals surface area (Å²) < 4.78 is 1.61. The number of aryl methyl sites for hydroxylation is 1. The van der Waals surface area contributed by atoms with Gasteiger partial charge in [-0.15, -0.1) is 0 Å². The predicted octanol–water partition coefficient (Wildman–Crippen LogP) is 3.23. The van der Waals surface area contributed by atoms with Gasteiger partial charge in [0.25, 0.3) is 5.91 Å². The molecule has 3 unspecified atom stereocenters. The van der Waals surface area contributed by atoms with Crippen molar-refractivity contribution in [2.75, 3.05) is 29.9 Å².